The second kappa shape index (κ2) is 3.94. The summed E-state index contributed by atoms with van der Waals surface area (Å²) in [5, 5.41) is 0. The van der Waals surface area contributed by atoms with E-state index < -0.39 is 17.6 Å². The number of hydrogen-bond acceptors (Lipinski definition) is 3. The average Bonchev–Trinajstić information content (AvgIpc) is 1.63. The van der Waals surface area contributed by atoms with E-state index in [-0.39, 0.29) is 5.92 Å². The van der Waals surface area contributed by atoms with Gasteiger partial charge in [0.05, 0.1) is 0 Å². The molecule has 0 amide bonds. The van der Waals surface area contributed by atoms with E-state index >= 15 is 0 Å². The molecule has 0 fully saturated rings. The van der Waals surface area contributed by atoms with Gasteiger partial charge >= 0.3 is 11.4 Å². The van der Waals surface area contributed by atoms with Crippen molar-refractivity contribution in [2.24, 2.45) is 11.7 Å². The molecule has 0 rings (SSSR count). The quantitative estimate of drug-likeness (QED) is 0.445. The molecule has 2 atom stereocenters. The van der Waals surface area contributed by atoms with Gasteiger partial charge in [0.1, 0.15) is 6.23 Å². The molecule has 0 aliphatic heterocycles. The zero-order valence-corrected chi connectivity index (χ0v) is 6.22. The third kappa shape index (κ3) is 4.53. The normalized spacial score (nSPS) is 17.9. The van der Waals surface area contributed by atoms with Crippen molar-refractivity contribution >= 4 is 11.4 Å². The predicted molar refractivity (Wildman–Crippen MR) is 34.7 cm³/mol. The Balaban J connectivity index is 3.50. The lowest BCUT2D eigenvalue weighted by Gasteiger charge is -2.11. The summed E-state index contributed by atoms with van der Waals surface area (Å²) in [7, 11) is 0. The first-order valence-corrected chi connectivity index (χ1v) is 3.60. The van der Waals surface area contributed by atoms with Gasteiger partial charge in [-0.3, -0.25) is 4.55 Å². The van der Waals surface area contributed by atoms with Crippen molar-refractivity contribution in [3.05, 3.63) is 0 Å². The Hall–Kier alpha value is 0.0300. The highest BCUT2D eigenvalue weighted by Crippen LogP contribution is 1.99. The van der Waals surface area contributed by atoms with Gasteiger partial charge in [-0.1, -0.05) is 13.8 Å². The van der Waals surface area contributed by atoms with Crippen LogP contribution in [0.1, 0.15) is 13.8 Å². The highest BCUT2D eigenvalue weighted by Gasteiger charge is 2.09. The lowest BCUT2D eigenvalue weighted by atomic mass is 10.2. The van der Waals surface area contributed by atoms with E-state index in [0.29, 0.717) is 0 Å². The Kier molecular flexibility index (Phi) is 3.96. The minimum absolute atomic E-state index is 0.0566. The molecule has 0 aromatic carbocycles. The Labute approximate surface area is 56.9 Å². The lowest BCUT2D eigenvalue weighted by molar-refractivity contribution is 0.162. The van der Waals surface area contributed by atoms with Gasteiger partial charge in [-0.15, -0.1) is 0 Å². The molecule has 0 heterocycles. The standard InChI is InChI=1S/C4H11NO3S/c1-3(2)4(5)8-9(6)7/h3-4H,5H2,1-2H3,(H,6,7). The maximum atomic E-state index is 9.92. The highest BCUT2D eigenvalue weighted by molar-refractivity contribution is 7.74. The van der Waals surface area contributed by atoms with Crippen molar-refractivity contribution in [3.8, 4) is 0 Å². The summed E-state index contributed by atoms with van der Waals surface area (Å²) in [5.41, 5.74) is 5.24. The van der Waals surface area contributed by atoms with E-state index in [1.165, 1.54) is 0 Å². The maximum Gasteiger partial charge on any atom is 0.303 e. The van der Waals surface area contributed by atoms with Crippen LogP contribution >= 0.6 is 0 Å². The smallest absolute Gasteiger partial charge is 0.303 e. The fourth-order valence-electron chi connectivity index (χ4n) is 0.206. The second-order valence-electron chi connectivity index (χ2n) is 2.02. The molecular weight excluding hydrogens is 142 g/mol. The van der Waals surface area contributed by atoms with E-state index in [9.17, 15) is 4.21 Å². The number of hydrogen-bond donors (Lipinski definition) is 2. The Morgan fingerprint density at radius 2 is 2.11 bits per heavy atom. The fraction of sp³-hybridized carbons (Fsp3) is 1.00. The van der Waals surface area contributed by atoms with Crippen molar-refractivity contribution in [2.45, 2.75) is 20.1 Å². The molecule has 0 aliphatic carbocycles. The van der Waals surface area contributed by atoms with Crippen LogP contribution in [0.15, 0.2) is 0 Å². The van der Waals surface area contributed by atoms with Crippen LogP contribution in [0.25, 0.3) is 0 Å². The fourth-order valence-corrected chi connectivity index (χ4v) is 0.618. The molecule has 0 bridgehead atoms. The molecule has 0 spiro atoms. The average molecular weight is 153 g/mol. The van der Waals surface area contributed by atoms with Gasteiger partial charge in [0, 0.05) is 0 Å². The van der Waals surface area contributed by atoms with Gasteiger partial charge in [-0.25, -0.2) is 4.18 Å². The minimum atomic E-state index is -2.24. The van der Waals surface area contributed by atoms with Crippen LogP contribution in [0.4, 0.5) is 0 Å². The molecule has 0 aromatic rings. The topological polar surface area (TPSA) is 72.5 Å². The maximum absolute atomic E-state index is 9.92. The Morgan fingerprint density at radius 3 is 2.22 bits per heavy atom. The van der Waals surface area contributed by atoms with Gasteiger partial charge in [-0.2, -0.15) is 4.21 Å². The van der Waals surface area contributed by atoms with Crippen LogP contribution < -0.4 is 5.73 Å². The molecule has 5 heteroatoms. The molecule has 0 radical (unpaired) electrons. The minimum Gasteiger partial charge on any atom is -0.305 e. The molecule has 0 saturated heterocycles. The first-order chi connectivity index (χ1) is 4.04. The van der Waals surface area contributed by atoms with Gasteiger partial charge < -0.3 is 5.73 Å². The van der Waals surface area contributed by atoms with E-state index in [4.69, 9.17) is 10.3 Å². The Morgan fingerprint density at radius 1 is 1.67 bits per heavy atom. The first-order valence-electron chi connectivity index (χ1n) is 2.57. The predicted octanol–water partition coefficient (Wildman–Crippen LogP) is 0.0805. The molecule has 4 nitrogen and oxygen atoms in total. The summed E-state index contributed by atoms with van der Waals surface area (Å²) in [6.45, 7) is 3.61. The molecule has 0 aliphatic rings. The summed E-state index contributed by atoms with van der Waals surface area (Å²) in [6.07, 6.45) is -0.657. The van der Waals surface area contributed by atoms with Gasteiger partial charge in [-0.05, 0) is 5.92 Å². The Bertz CT molecular complexity index is 106. The molecule has 0 aromatic heterocycles. The van der Waals surface area contributed by atoms with Crippen LogP contribution in [0.2, 0.25) is 0 Å². The van der Waals surface area contributed by atoms with Crippen LogP contribution in [-0.4, -0.2) is 15.0 Å². The van der Waals surface area contributed by atoms with Crippen LogP contribution in [0.5, 0.6) is 0 Å². The van der Waals surface area contributed by atoms with Crippen LogP contribution in [0.3, 0.4) is 0 Å². The summed E-state index contributed by atoms with van der Waals surface area (Å²) in [5.74, 6) is 0.0566. The van der Waals surface area contributed by atoms with Gasteiger partial charge in [0.2, 0.25) is 0 Å². The van der Waals surface area contributed by atoms with Gasteiger partial charge in [0.15, 0.2) is 0 Å². The van der Waals surface area contributed by atoms with E-state index in [1.54, 1.807) is 13.8 Å². The summed E-state index contributed by atoms with van der Waals surface area (Å²) in [6, 6.07) is 0. The van der Waals surface area contributed by atoms with E-state index in [0.717, 1.165) is 0 Å². The lowest BCUT2D eigenvalue weighted by Crippen LogP contribution is -2.30. The largest absolute Gasteiger partial charge is 0.305 e. The van der Waals surface area contributed by atoms with Crippen molar-refractivity contribution in [2.75, 3.05) is 0 Å². The number of nitrogens with two attached hydrogens (primary N) is 1. The van der Waals surface area contributed by atoms with E-state index in [2.05, 4.69) is 4.18 Å². The molecule has 9 heavy (non-hydrogen) atoms. The molecule has 3 N–H and O–H groups in total. The monoisotopic (exact) mass is 153 g/mol. The van der Waals surface area contributed by atoms with Crippen molar-refractivity contribution in [3.63, 3.8) is 0 Å². The summed E-state index contributed by atoms with van der Waals surface area (Å²) < 4.78 is 22.4. The van der Waals surface area contributed by atoms with Crippen LogP contribution in [0, 0.1) is 5.92 Å². The molecule has 2 unspecified atom stereocenters. The summed E-state index contributed by atoms with van der Waals surface area (Å²) in [4.78, 5) is 0. The zero-order chi connectivity index (χ0) is 7.44. The van der Waals surface area contributed by atoms with Crippen molar-refractivity contribution in [1.82, 2.24) is 0 Å². The van der Waals surface area contributed by atoms with Crippen LogP contribution in [-0.2, 0) is 15.5 Å². The van der Waals surface area contributed by atoms with E-state index in [1.807, 2.05) is 0 Å². The van der Waals surface area contributed by atoms with Crippen molar-refractivity contribution < 1.29 is 12.9 Å². The molecule has 56 valence electrons. The highest BCUT2D eigenvalue weighted by atomic mass is 32.2. The second-order valence-corrected chi connectivity index (χ2v) is 2.65. The zero-order valence-electron chi connectivity index (χ0n) is 5.40. The third-order valence-electron chi connectivity index (χ3n) is 0.850. The molecule has 0 saturated carbocycles. The number of rotatable bonds is 3. The summed E-state index contributed by atoms with van der Waals surface area (Å²) >= 11 is -2.24. The van der Waals surface area contributed by atoms with Crippen molar-refractivity contribution in [1.29, 1.82) is 0 Å². The first kappa shape index (κ1) is 9.03. The van der Waals surface area contributed by atoms with Gasteiger partial charge in [0.25, 0.3) is 0 Å². The SMILES string of the molecule is CC(C)C(N)OS(=O)O. The molecular formula is C4H11NO3S. The third-order valence-corrected chi connectivity index (χ3v) is 1.24.